The van der Waals surface area contributed by atoms with Gasteiger partial charge < -0.3 is 19.5 Å². The second kappa shape index (κ2) is 7.17. The Hall–Kier alpha value is -2.64. The summed E-state index contributed by atoms with van der Waals surface area (Å²) in [6.07, 6.45) is 4.07. The van der Waals surface area contributed by atoms with Gasteiger partial charge >= 0.3 is 5.97 Å². The van der Waals surface area contributed by atoms with E-state index in [2.05, 4.69) is 0 Å². The van der Waals surface area contributed by atoms with Crippen molar-refractivity contribution in [1.29, 1.82) is 0 Å². The van der Waals surface area contributed by atoms with Crippen LogP contribution in [0.15, 0.2) is 18.3 Å². The minimum atomic E-state index is -1.01. The number of hydrogen-bond acceptors (Lipinski definition) is 4. The van der Waals surface area contributed by atoms with Crippen LogP contribution in [0.25, 0.3) is 0 Å². The van der Waals surface area contributed by atoms with E-state index in [0.717, 1.165) is 0 Å². The lowest BCUT2D eigenvalue weighted by molar-refractivity contribution is -0.155. The van der Waals surface area contributed by atoms with Crippen molar-refractivity contribution in [2.75, 3.05) is 19.6 Å². The second-order valence-corrected chi connectivity index (χ2v) is 7.66. The highest BCUT2D eigenvalue weighted by molar-refractivity contribution is 6.42. The second-order valence-electron chi connectivity index (χ2n) is 7.66. The molecule has 0 unspecified atom stereocenters. The fourth-order valence-corrected chi connectivity index (χ4v) is 4.07. The molecule has 1 atom stereocenters. The fourth-order valence-electron chi connectivity index (χ4n) is 4.07. The molecule has 8 nitrogen and oxygen atoms in total. The van der Waals surface area contributed by atoms with Crippen molar-refractivity contribution in [2.45, 2.75) is 38.6 Å². The summed E-state index contributed by atoms with van der Waals surface area (Å²) in [5, 5.41) is 9.24. The number of carbonyl (C=O) groups excluding carboxylic acids is 3. The Kier molecular flexibility index (Phi) is 5.08. The number of likely N-dealkylation sites (tertiary alicyclic amines) is 2. The molecule has 0 bridgehead atoms. The maximum absolute atomic E-state index is 12.6. The van der Waals surface area contributed by atoms with Crippen LogP contribution in [-0.2, 0) is 21.4 Å². The number of Topliss-reactive ketones (excluding diaryl/α,β-unsaturated/α-hetero) is 1. The number of piperidine rings is 2. The van der Waals surface area contributed by atoms with Crippen LogP contribution in [0.4, 0.5) is 0 Å². The molecule has 0 saturated carbocycles. The van der Waals surface area contributed by atoms with E-state index in [-0.39, 0.29) is 11.3 Å². The number of amides is 2. The van der Waals surface area contributed by atoms with Gasteiger partial charge in [0, 0.05) is 39.3 Å². The van der Waals surface area contributed by atoms with Gasteiger partial charge in [-0.3, -0.25) is 14.4 Å². The van der Waals surface area contributed by atoms with Gasteiger partial charge in [0.05, 0.1) is 5.69 Å². The molecule has 2 amide bonds. The quantitative estimate of drug-likeness (QED) is 0.623. The smallest absolute Gasteiger partial charge is 0.326 e. The van der Waals surface area contributed by atoms with Crippen molar-refractivity contribution in [3.63, 3.8) is 0 Å². The number of ketones is 1. The van der Waals surface area contributed by atoms with Gasteiger partial charge in [0.2, 0.25) is 5.91 Å². The van der Waals surface area contributed by atoms with E-state index in [1.54, 1.807) is 34.8 Å². The zero-order valence-corrected chi connectivity index (χ0v) is 15.7. The Labute approximate surface area is 157 Å². The zero-order valence-electron chi connectivity index (χ0n) is 15.7. The van der Waals surface area contributed by atoms with Crippen molar-refractivity contribution in [3.8, 4) is 0 Å². The molecule has 146 valence electrons. The van der Waals surface area contributed by atoms with Crippen LogP contribution in [-0.4, -0.2) is 68.7 Å². The fraction of sp³-hybridized carbons (Fsp3) is 0.579. The lowest BCUT2D eigenvalue weighted by Gasteiger charge is -2.48. The van der Waals surface area contributed by atoms with E-state index < -0.39 is 23.7 Å². The molecule has 0 aliphatic carbocycles. The molecule has 2 fully saturated rings. The molecular weight excluding hydrogens is 350 g/mol. The summed E-state index contributed by atoms with van der Waals surface area (Å²) in [4.78, 5) is 51.4. The maximum Gasteiger partial charge on any atom is 0.326 e. The molecule has 1 N–H and O–H groups in total. The van der Waals surface area contributed by atoms with Gasteiger partial charge in [0.25, 0.3) is 11.7 Å². The van der Waals surface area contributed by atoms with Crippen LogP contribution in [0, 0.1) is 5.41 Å². The largest absolute Gasteiger partial charge is 0.480 e. The van der Waals surface area contributed by atoms with Crippen molar-refractivity contribution >= 4 is 23.6 Å². The molecule has 27 heavy (non-hydrogen) atoms. The summed E-state index contributed by atoms with van der Waals surface area (Å²) in [7, 11) is 1.73. The number of carbonyl (C=O) groups is 4. The maximum atomic E-state index is 12.6. The molecule has 2 saturated heterocycles. The average molecular weight is 375 g/mol. The zero-order chi connectivity index (χ0) is 19.8. The lowest BCUT2D eigenvalue weighted by Crippen LogP contribution is -2.56. The van der Waals surface area contributed by atoms with Gasteiger partial charge in [-0.2, -0.15) is 0 Å². The van der Waals surface area contributed by atoms with E-state index in [1.807, 2.05) is 0 Å². The van der Waals surface area contributed by atoms with Gasteiger partial charge in [0.15, 0.2) is 0 Å². The van der Waals surface area contributed by atoms with Crippen LogP contribution in [0.5, 0.6) is 0 Å². The predicted octanol–water partition coefficient (Wildman–Crippen LogP) is 0.912. The molecule has 2 aliphatic rings. The van der Waals surface area contributed by atoms with E-state index in [9.17, 15) is 24.3 Å². The molecule has 3 heterocycles. The van der Waals surface area contributed by atoms with Gasteiger partial charge in [-0.05, 0) is 43.7 Å². The van der Waals surface area contributed by atoms with Crippen LogP contribution in [0.2, 0.25) is 0 Å². The van der Waals surface area contributed by atoms with Gasteiger partial charge in [-0.25, -0.2) is 4.79 Å². The van der Waals surface area contributed by atoms with E-state index >= 15 is 0 Å². The van der Waals surface area contributed by atoms with Gasteiger partial charge in [-0.15, -0.1) is 0 Å². The van der Waals surface area contributed by atoms with Crippen LogP contribution in [0.3, 0.4) is 0 Å². The molecule has 0 aromatic carbocycles. The number of rotatable bonds is 4. The first-order valence-electron chi connectivity index (χ1n) is 9.21. The van der Waals surface area contributed by atoms with Gasteiger partial charge in [0.1, 0.15) is 6.04 Å². The molecule has 3 rings (SSSR count). The first-order chi connectivity index (χ1) is 12.7. The molecule has 8 heteroatoms. The minimum absolute atomic E-state index is 0.132. The Balaban J connectivity index is 1.65. The standard InChI is InChI=1S/C19H25N3O5/c1-13(18(26)27)22-12-19(6-5-15(22)23)7-10-21(11-8-19)17(25)16(24)14-4-3-9-20(14)2/h3-4,9,13H,5-8,10-12H2,1-2H3,(H,26,27)/t13-/m0/s1. The third-order valence-corrected chi connectivity index (χ3v) is 6.00. The first-order valence-corrected chi connectivity index (χ1v) is 9.21. The third-order valence-electron chi connectivity index (χ3n) is 6.00. The summed E-state index contributed by atoms with van der Waals surface area (Å²) >= 11 is 0. The monoisotopic (exact) mass is 375 g/mol. The number of nitrogens with zero attached hydrogens (tertiary/aromatic N) is 3. The highest BCUT2D eigenvalue weighted by atomic mass is 16.4. The topological polar surface area (TPSA) is 99.9 Å². The predicted molar refractivity (Wildman–Crippen MR) is 96.0 cm³/mol. The molecule has 1 aromatic heterocycles. The summed E-state index contributed by atoms with van der Waals surface area (Å²) in [6, 6.07) is 2.50. The van der Waals surface area contributed by atoms with Crippen molar-refractivity contribution < 1.29 is 24.3 Å². The average Bonchev–Trinajstić information content (AvgIpc) is 3.08. The number of carboxylic acid groups (broad SMARTS) is 1. The van der Waals surface area contributed by atoms with Crippen molar-refractivity contribution in [1.82, 2.24) is 14.4 Å². The minimum Gasteiger partial charge on any atom is -0.480 e. The summed E-state index contributed by atoms with van der Waals surface area (Å²) in [5.41, 5.74) is 0.188. The van der Waals surface area contributed by atoms with Crippen molar-refractivity contribution in [3.05, 3.63) is 24.0 Å². The molecule has 1 spiro atoms. The highest BCUT2D eigenvalue weighted by Gasteiger charge is 2.44. The number of aromatic nitrogens is 1. The first kappa shape index (κ1) is 19.1. The van der Waals surface area contributed by atoms with Crippen LogP contribution >= 0.6 is 0 Å². The van der Waals surface area contributed by atoms with E-state index in [0.29, 0.717) is 51.0 Å². The Morgan fingerprint density at radius 1 is 1.19 bits per heavy atom. The van der Waals surface area contributed by atoms with Gasteiger partial charge in [-0.1, -0.05) is 0 Å². The number of aliphatic carboxylic acids is 1. The molecular formula is C19H25N3O5. The lowest BCUT2D eigenvalue weighted by atomic mass is 9.72. The van der Waals surface area contributed by atoms with Crippen molar-refractivity contribution in [2.24, 2.45) is 12.5 Å². The number of aryl methyl sites for hydroxylation is 1. The Bertz CT molecular complexity index is 776. The molecule has 1 aromatic rings. The normalized spacial score (nSPS) is 20.6. The Morgan fingerprint density at radius 2 is 1.85 bits per heavy atom. The summed E-state index contributed by atoms with van der Waals surface area (Å²) in [5.74, 6) is -2.17. The number of hydrogen-bond donors (Lipinski definition) is 1. The Morgan fingerprint density at radius 3 is 2.41 bits per heavy atom. The third kappa shape index (κ3) is 3.61. The molecule has 2 aliphatic heterocycles. The van der Waals surface area contributed by atoms with Crippen LogP contribution < -0.4 is 0 Å². The summed E-state index contributed by atoms with van der Waals surface area (Å²) < 4.78 is 1.63. The molecule has 0 radical (unpaired) electrons. The summed E-state index contributed by atoms with van der Waals surface area (Å²) in [6.45, 7) is 2.81. The highest BCUT2D eigenvalue weighted by Crippen LogP contribution is 2.40. The van der Waals surface area contributed by atoms with Crippen LogP contribution in [0.1, 0.15) is 43.1 Å². The number of carboxylic acids is 1. The van der Waals surface area contributed by atoms with E-state index in [1.165, 1.54) is 11.8 Å². The van der Waals surface area contributed by atoms with E-state index in [4.69, 9.17) is 0 Å². The SMILES string of the molecule is C[C@@H](C(=O)O)N1CC2(CCC1=O)CCN(C(=O)C(=O)c1cccn1C)CC2.